The lowest BCUT2D eigenvalue weighted by Crippen LogP contribution is -2.24. The smallest absolute Gasteiger partial charge is 0.262 e. The van der Waals surface area contributed by atoms with Gasteiger partial charge in [0.2, 0.25) is 0 Å². The molecule has 0 saturated heterocycles. The van der Waals surface area contributed by atoms with E-state index in [0.717, 1.165) is 5.56 Å². The van der Waals surface area contributed by atoms with Gasteiger partial charge in [-0.15, -0.1) is 0 Å². The maximum absolute atomic E-state index is 12.8. The topological polar surface area (TPSA) is 94.0 Å². The Labute approximate surface area is 162 Å². The maximum Gasteiger partial charge on any atom is 0.262 e. The van der Waals surface area contributed by atoms with Crippen LogP contribution in [0, 0.1) is 0 Å². The van der Waals surface area contributed by atoms with Crippen molar-refractivity contribution >= 4 is 34.0 Å². The minimum atomic E-state index is -0.108. The highest BCUT2D eigenvalue weighted by molar-refractivity contribution is 7.98. The van der Waals surface area contributed by atoms with Gasteiger partial charge in [0, 0.05) is 18.5 Å². The molecule has 4 rings (SSSR count). The molecule has 0 aliphatic rings. The number of aliphatic hydroxyl groups is 1. The van der Waals surface area contributed by atoms with Crippen molar-refractivity contribution in [1.82, 2.24) is 19.7 Å². The molecule has 0 saturated carbocycles. The van der Waals surface area contributed by atoms with Crippen LogP contribution in [0.3, 0.4) is 0 Å². The molecule has 0 spiro atoms. The number of thioether (sulfide) groups is 1. The molecule has 1 aromatic carbocycles. The predicted octanol–water partition coefficient (Wildman–Crippen LogP) is 3.18. The lowest BCUT2D eigenvalue weighted by Gasteiger charge is -2.11. The molecule has 0 amide bonds. The summed E-state index contributed by atoms with van der Waals surface area (Å²) in [6.07, 6.45) is 0.484. The van der Waals surface area contributed by atoms with Crippen molar-refractivity contribution in [3.05, 3.63) is 57.3 Å². The van der Waals surface area contributed by atoms with E-state index in [1.165, 1.54) is 11.8 Å². The Morgan fingerprint density at radius 3 is 2.93 bits per heavy atom. The van der Waals surface area contributed by atoms with Gasteiger partial charge in [-0.2, -0.15) is 16.3 Å². The number of hydrogen-bond acceptors (Lipinski definition) is 8. The number of rotatable bonds is 7. The van der Waals surface area contributed by atoms with E-state index < -0.39 is 0 Å². The standard InChI is InChI=1S/C18H16N4O3S2/c23-8-3-7-22-17(24)13-4-1-2-5-14(13)19-18(22)27-11-15-20-16(25-21-15)12-6-9-26-10-12/h1-2,4-6,9-10,23H,3,7-8,11H2. The van der Waals surface area contributed by atoms with Crippen molar-refractivity contribution in [2.45, 2.75) is 23.9 Å². The molecule has 0 fully saturated rings. The van der Waals surface area contributed by atoms with Crippen LogP contribution in [0.25, 0.3) is 22.4 Å². The molecule has 4 aromatic rings. The molecule has 0 unspecified atom stereocenters. The second-order valence-corrected chi connectivity index (χ2v) is 7.48. The maximum atomic E-state index is 12.8. The molecular weight excluding hydrogens is 384 g/mol. The SMILES string of the molecule is O=c1c2ccccc2nc(SCc2noc(-c3ccsc3)n2)n1CCCO. The molecule has 3 heterocycles. The van der Waals surface area contributed by atoms with Gasteiger partial charge < -0.3 is 9.63 Å². The third kappa shape index (κ3) is 3.80. The van der Waals surface area contributed by atoms with Crippen molar-refractivity contribution in [3.63, 3.8) is 0 Å². The molecule has 0 aliphatic heterocycles. The number of aliphatic hydroxyl groups excluding tert-OH is 1. The zero-order valence-electron chi connectivity index (χ0n) is 14.2. The lowest BCUT2D eigenvalue weighted by atomic mass is 10.2. The molecule has 0 atom stereocenters. The predicted molar refractivity (Wildman–Crippen MR) is 105 cm³/mol. The first kappa shape index (κ1) is 17.9. The molecule has 0 radical (unpaired) electrons. The average Bonchev–Trinajstić information content (AvgIpc) is 3.37. The quantitative estimate of drug-likeness (QED) is 0.376. The van der Waals surface area contributed by atoms with Crippen LogP contribution in [0.4, 0.5) is 0 Å². The minimum absolute atomic E-state index is 0.0121. The largest absolute Gasteiger partial charge is 0.396 e. The van der Waals surface area contributed by atoms with E-state index in [4.69, 9.17) is 9.63 Å². The highest BCUT2D eigenvalue weighted by Gasteiger charge is 2.14. The molecule has 0 aliphatic carbocycles. The first-order chi connectivity index (χ1) is 13.3. The average molecular weight is 400 g/mol. The van der Waals surface area contributed by atoms with Gasteiger partial charge >= 0.3 is 0 Å². The van der Waals surface area contributed by atoms with E-state index in [0.29, 0.717) is 46.5 Å². The molecule has 27 heavy (non-hydrogen) atoms. The fourth-order valence-corrected chi connectivity index (χ4v) is 4.13. The molecular formula is C18H16N4O3S2. The van der Waals surface area contributed by atoms with E-state index in [1.807, 2.05) is 35.0 Å². The number of fused-ring (bicyclic) bond motifs is 1. The first-order valence-corrected chi connectivity index (χ1v) is 10.3. The molecule has 3 aromatic heterocycles. The molecule has 1 N–H and O–H groups in total. The molecule has 138 valence electrons. The summed E-state index contributed by atoms with van der Waals surface area (Å²) in [6, 6.07) is 9.18. The van der Waals surface area contributed by atoms with Crippen LogP contribution in [-0.2, 0) is 12.3 Å². The summed E-state index contributed by atoms with van der Waals surface area (Å²) >= 11 is 2.94. The van der Waals surface area contributed by atoms with E-state index in [2.05, 4.69) is 15.1 Å². The molecule has 7 nitrogen and oxygen atoms in total. The van der Waals surface area contributed by atoms with Gasteiger partial charge in [-0.25, -0.2) is 4.98 Å². The van der Waals surface area contributed by atoms with Gasteiger partial charge in [-0.3, -0.25) is 9.36 Å². The Morgan fingerprint density at radius 1 is 1.22 bits per heavy atom. The third-order valence-electron chi connectivity index (χ3n) is 3.93. The van der Waals surface area contributed by atoms with Crippen molar-refractivity contribution < 1.29 is 9.63 Å². The summed E-state index contributed by atoms with van der Waals surface area (Å²) in [6.45, 7) is 0.417. The number of thiophene rings is 1. The van der Waals surface area contributed by atoms with Crippen LogP contribution in [0.15, 0.2) is 55.6 Å². The van der Waals surface area contributed by atoms with Crippen molar-refractivity contribution in [3.8, 4) is 11.5 Å². The Hall–Kier alpha value is -2.49. The van der Waals surface area contributed by atoms with Crippen LogP contribution in [-0.4, -0.2) is 31.4 Å². The molecule has 9 heteroatoms. The Bertz CT molecular complexity index is 1110. The van der Waals surface area contributed by atoms with Crippen LogP contribution >= 0.6 is 23.1 Å². The van der Waals surface area contributed by atoms with Gasteiger partial charge in [-0.05, 0) is 30.0 Å². The van der Waals surface area contributed by atoms with E-state index in [9.17, 15) is 4.79 Å². The van der Waals surface area contributed by atoms with E-state index >= 15 is 0 Å². The number of hydrogen-bond donors (Lipinski definition) is 1. The number of para-hydroxylation sites is 1. The van der Waals surface area contributed by atoms with Crippen LogP contribution in [0.5, 0.6) is 0 Å². The Morgan fingerprint density at radius 2 is 2.11 bits per heavy atom. The summed E-state index contributed by atoms with van der Waals surface area (Å²) < 4.78 is 6.90. The zero-order valence-corrected chi connectivity index (χ0v) is 15.9. The first-order valence-electron chi connectivity index (χ1n) is 8.34. The second-order valence-electron chi connectivity index (χ2n) is 5.76. The minimum Gasteiger partial charge on any atom is -0.396 e. The van der Waals surface area contributed by atoms with Crippen LogP contribution in [0.1, 0.15) is 12.2 Å². The summed E-state index contributed by atoms with van der Waals surface area (Å²) in [7, 11) is 0. The van der Waals surface area contributed by atoms with Gasteiger partial charge in [-0.1, -0.05) is 29.1 Å². The fraction of sp³-hybridized carbons (Fsp3) is 0.222. The Kier molecular flexibility index (Phi) is 5.33. The normalized spacial score (nSPS) is 11.3. The number of benzene rings is 1. The monoisotopic (exact) mass is 400 g/mol. The third-order valence-corrected chi connectivity index (χ3v) is 5.59. The highest BCUT2D eigenvalue weighted by Crippen LogP contribution is 2.24. The van der Waals surface area contributed by atoms with Gasteiger partial charge in [0.05, 0.1) is 22.2 Å². The Balaban J connectivity index is 1.61. The summed E-state index contributed by atoms with van der Waals surface area (Å²) in [5.74, 6) is 1.45. The lowest BCUT2D eigenvalue weighted by molar-refractivity contribution is 0.276. The van der Waals surface area contributed by atoms with Crippen molar-refractivity contribution in [2.24, 2.45) is 0 Å². The summed E-state index contributed by atoms with van der Waals surface area (Å²) in [5.41, 5.74) is 1.44. The number of aromatic nitrogens is 4. The highest BCUT2D eigenvalue weighted by atomic mass is 32.2. The molecule has 0 bridgehead atoms. The van der Waals surface area contributed by atoms with E-state index in [1.54, 1.807) is 22.0 Å². The summed E-state index contributed by atoms with van der Waals surface area (Å²) in [5, 5.41) is 18.2. The van der Waals surface area contributed by atoms with Crippen molar-refractivity contribution in [1.29, 1.82) is 0 Å². The zero-order chi connectivity index (χ0) is 18.6. The van der Waals surface area contributed by atoms with Crippen molar-refractivity contribution in [2.75, 3.05) is 6.61 Å². The summed E-state index contributed by atoms with van der Waals surface area (Å²) in [4.78, 5) is 21.8. The van der Waals surface area contributed by atoms with Crippen LogP contribution < -0.4 is 5.56 Å². The van der Waals surface area contributed by atoms with Crippen LogP contribution in [0.2, 0.25) is 0 Å². The van der Waals surface area contributed by atoms with E-state index in [-0.39, 0.29) is 12.2 Å². The van der Waals surface area contributed by atoms with Gasteiger partial charge in [0.25, 0.3) is 11.4 Å². The van der Waals surface area contributed by atoms with Gasteiger partial charge in [0.15, 0.2) is 11.0 Å². The fourth-order valence-electron chi connectivity index (χ4n) is 2.63. The second kappa shape index (κ2) is 8.03. The van der Waals surface area contributed by atoms with Gasteiger partial charge in [0.1, 0.15) is 0 Å². The number of nitrogens with zero attached hydrogens (tertiary/aromatic N) is 4.